The number of benzene rings is 1. The molecule has 138 valence electrons. The number of rotatable bonds is 6. The van der Waals surface area contributed by atoms with Crippen molar-refractivity contribution in [2.45, 2.75) is 25.9 Å². The van der Waals surface area contributed by atoms with Crippen LogP contribution in [0.4, 0.5) is 0 Å². The van der Waals surface area contributed by atoms with E-state index in [2.05, 4.69) is 9.98 Å². The van der Waals surface area contributed by atoms with Gasteiger partial charge in [-0.2, -0.15) is 10.1 Å². The second-order valence-corrected chi connectivity index (χ2v) is 5.78. The monoisotopic (exact) mass is 415 g/mol. The van der Waals surface area contributed by atoms with Crippen molar-refractivity contribution >= 4 is 28.9 Å². The zero-order chi connectivity index (χ0) is 17.2. The summed E-state index contributed by atoms with van der Waals surface area (Å²) >= 11 is 0. The van der Waals surface area contributed by atoms with Crippen LogP contribution in [0.25, 0.3) is 0 Å². The highest BCUT2D eigenvalue weighted by molar-refractivity contribution is 8.93. The quantitative estimate of drug-likeness (QED) is 0.673. The largest absolute Gasteiger partial charge is 0.493 e. The summed E-state index contributed by atoms with van der Waals surface area (Å²) in [6.45, 7) is 4.80. The summed E-state index contributed by atoms with van der Waals surface area (Å²) in [5.41, 5.74) is 10.7. The number of hydrogen-bond donors (Lipinski definition) is 2. The van der Waals surface area contributed by atoms with Gasteiger partial charge < -0.3 is 25.7 Å². The Bertz CT molecular complexity index is 680. The van der Waals surface area contributed by atoms with Crippen LogP contribution in [0.3, 0.4) is 0 Å². The molecule has 0 radical (unpaired) electrons. The first kappa shape index (κ1) is 19.1. The molecule has 2 aliphatic heterocycles. The summed E-state index contributed by atoms with van der Waals surface area (Å²) in [5, 5.41) is 1.45. The Labute approximate surface area is 156 Å². The second-order valence-electron chi connectivity index (χ2n) is 5.78. The van der Waals surface area contributed by atoms with Crippen molar-refractivity contribution < 1.29 is 19.0 Å². The standard InChI is InChI=1S/C15H21N5O4.BrH/c1-15(2)19-13(16)18-14(17)20(15)24-7-3-6-21-10-4-5-11-12(8-10)23-9-22-11;/h4-5,8H,3,6-7,9H2,1-2H3,(H4,16,17,18,19);1H. The maximum atomic E-state index is 5.84. The van der Waals surface area contributed by atoms with E-state index < -0.39 is 5.66 Å². The lowest BCUT2D eigenvalue weighted by Gasteiger charge is -2.36. The van der Waals surface area contributed by atoms with Crippen LogP contribution in [-0.2, 0) is 4.84 Å². The van der Waals surface area contributed by atoms with Crippen molar-refractivity contribution in [2.75, 3.05) is 20.0 Å². The van der Waals surface area contributed by atoms with E-state index in [-0.39, 0.29) is 35.7 Å². The third kappa shape index (κ3) is 4.45. The highest BCUT2D eigenvalue weighted by atomic mass is 79.9. The number of guanidine groups is 2. The molecule has 25 heavy (non-hydrogen) atoms. The molecule has 2 heterocycles. The van der Waals surface area contributed by atoms with Crippen molar-refractivity contribution in [1.29, 1.82) is 0 Å². The van der Waals surface area contributed by atoms with Crippen LogP contribution in [0, 0.1) is 0 Å². The molecule has 2 aliphatic rings. The van der Waals surface area contributed by atoms with Gasteiger partial charge in [0.2, 0.25) is 18.7 Å². The number of hydrogen-bond acceptors (Lipinski definition) is 9. The van der Waals surface area contributed by atoms with E-state index in [1.165, 1.54) is 5.06 Å². The van der Waals surface area contributed by atoms with Crippen molar-refractivity contribution in [2.24, 2.45) is 21.5 Å². The highest BCUT2D eigenvalue weighted by Gasteiger charge is 2.32. The molecule has 0 aromatic heterocycles. The fraction of sp³-hybridized carbons (Fsp3) is 0.467. The van der Waals surface area contributed by atoms with Gasteiger partial charge in [-0.15, -0.1) is 17.0 Å². The lowest BCUT2D eigenvalue weighted by atomic mass is 10.2. The van der Waals surface area contributed by atoms with Crippen molar-refractivity contribution in [3.05, 3.63) is 18.2 Å². The maximum absolute atomic E-state index is 5.84. The summed E-state index contributed by atoms with van der Waals surface area (Å²) in [4.78, 5) is 13.8. The minimum Gasteiger partial charge on any atom is -0.493 e. The Kier molecular flexibility index (Phi) is 5.96. The zero-order valence-electron chi connectivity index (χ0n) is 14.1. The molecule has 0 atom stereocenters. The number of nitrogens with two attached hydrogens (primary N) is 2. The Morgan fingerprint density at radius 2 is 1.96 bits per heavy atom. The average molecular weight is 416 g/mol. The first-order valence-electron chi connectivity index (χ1n) is 7.61. The van der Waals surface area contributed by atoms with Crippen LogP contribution in [0.1, 0.15) is 20.3 Å². The van der Waals surface area contributed by atoms with E-state index in [9.17, 15) is 0 Å². The fourth-order valence-corrected chi connectivity index (χ4v) is 2.39. The van der Waals surface area contributed by atoms with E-state index in [1.54, 1.807) is 6.07 Å². The van der Waals surface area contributed by atoms with Gasteiger partial charge in [-0.1, -0.05) is 0 Å². The molecule has 1 aromatic rings. The molecule has 1 aromatic carbocycles. The Hall–Kier alpha value is -2.20. The van der Waals surface area contributed by atoms with Crippen LogP contribution >= 0.6 is 17.0 Å². The minimum atomic E-state index is -0.700. The molecule has 0 unspecified atom stereocenters. The lowest BCUT2D eigenvalue weighted by Crippen LogP contribution is -2.53. The fourth-order valence-electron chi connectivity index (χ4n) is 2.39. The topological polar surface area (TPSA) is 117 Å². The summed E-state index contributed by atoms with van der Waals surface area (Å²) in [6, 6.07) is 5.47. The Morgan fingerprint density at radius 1 is 1.20 bits per heavy atom. The molecule has 0 spiro atoms. The number of ether oxygens (including phenoxy) is 3. The number of fused-ring (bicyclic) bond motifs is 1. The van der Waals surface area contributed by atoms with Crippen molar-refractivity contribution in [3.8, 4) is 17.2 Å². The molecule has 4 N–H and O–H groups in total. The summed E-state index contributed by atoms with van der Waals surface area (Å²) in [5.74, 6) is 2.47. The average Bonchev–Trinajstić information content (AvgIpc) is 2.96. The normalized spacial score (nSPS) is 17.4. The SMILES string of the molecule is Br.CC1(C)N=C(N)N=C(N)N1OCCCOc1ccc2c(c1)OCO2. The molecule has 0 bridgehead atoms. The second kappa shape index (κ2) is 7.79. The van der Waals surface area contributed by atoms with Gasteiger partial charge in [-0.3, -0.25) is 4.84 Å². The van der Waals surface area contributed by atoms with E-state index in [4.69, 9.17) is 30.5 Å². The van der Waals surface area contributed by atoms with Gasteiger partial charge in [0.1, 0.15) is 5.75 Å². The van der Waals surface area contributed by atoms with Crippen LogP contribution in [0.5, 0.6) is 17.2 Å². The third-order valence-electron chi connectivity index (χ3n) is 3.44. The molecule has 3 rings (SSSR count). The molecule has 9 nitrogen and oxygen atoms in total. The zero-order valence-corrected chi connectivity index (χ0v) is 15.8. The van der Waals surface area contributed by atoms with Gasteiger partial charge in [0.15, 0.2) is 17.2 Å². The van der Waals surface area contributed by atoms with Gasteiger partial charge in [0.25, 0.3) is 0 Å². The highest BCUT2D eigenvalue weighted by Crippen LogP contribution is 2.35. The van der Waals surface area contributed by atoms with Gasteiger partial charge in [0, 0.05) is 12.5 Å². The minimum absolute atomic E-state index is 0. The van der Waals surface area contributed by atoms with Gasteiger partial charge in [0.05, 0.1) is 13.2 Å². The predicted octanol–water partition coefficient (Wildman–Crippen LogP) is 1.37. The van der Waals surface area contributed by atoms with Crippen molar-refractivity contribution in [3.63, 3.8) is 0 Å². The smallest absolute Gasteiger partial charge is 0.231 e. The van der Waals surface area contributed by atoms with E-state index >= 15 is 0 Å². The number of hydroxylamine groups is 2. The predicted molar refractivity (Wildman–Crippen MR) is 98.1 cm³/mol. The first-order chi connectivity index (χ1) is 11.5. The Balaban J connectivity index is 0.00000225. The number of halogens is 1. The molecular weight excluding hydrogens is 394 g/mol. The lowest BCUT2D eigenvalue weighted by molar-refractivity contribution is -0.158. The van der Waals surface area contributed by atoms with Crippen LogP contribution in [0.15, 0.2) is 28.2 Å². The first-order valence-corrected chi connectivity index (χ1v) is 7.61. The molecule has 10 heteroatoms. The third-order valence-corrected chi connectivity index (χ3v) is 3.44. The van der Waals surface area contributed by atoms with Crippen molar-refractivity contribution in [1.82, 2.24) is 5.06 Å². The Morgan fingerprint density at radius 3 is 2.72 bits per heavy atom. The van der Waals surface area contributed by atoms with E-state index in [0.717, 1.165) is 11.5 Å². The molecule has 0 aliphatic carbocycles. The molecular formula is C15H22BrN5O4. The molecule has 0 fully saturated rings. The van der Waals surface area contributed by atoms with Crippen LogP contribution in [-0.4, -0.2) is 42.7 Å². The number of nitrogens with zero attached hydrogens (tertiary/aromatic N) is 3. The van der Waals surface area contributed by atoms with Crippen LogP contribution in [0.2, 0.25) is 0 Å². The van der Waals surface area contributed by atoms with Gasteiger partial charge in [-0.25, -0.2) is 4.99 Å². The van der Waals surface area contributed by atoms with E-state index in [1.807, 2.05) is 26.0 Å². The van der Waals surface area contributed by atoms with Gasteiger partial charge in [-0.05, 0) is 26.0 Å². The summed E-state index contributed by atoms with van der Waals surface area (Å²) in [7, 11) is 0. The maximum Gasteiger partial charge on any atom is 0.231 e. The molecule has 0 saturated heterocycles. The van der Waals surface area contributed by atoms with E-state index in [0.29, 0.717) is 25.4 Å². The molecule has 0 amide bonds. The van der Waals surface area contributed by atoms with Gasteiger partial charge >= 0.3 is 0 Å². The molecule has 0 saturated carbocycles. The van der Waals surface area contributed by atoms with Crippen LogP contribution < -0.4 is 25.7 Å². The summed E-state index contributed by atoms with van der Waals surface area (Å²) < 4.78 is 16.2. The summed E-state index contributed by atoms with van der Waals surface area (Å²) in [6.07, 6.45) is 0.660. The number of aliphatic imine (C=N–C) groups is 2.